The molecule has 1 rings (SSSR count). The Morgan fingerprint density at radius 2 is 2.17 bits per heavy atom. The highest BCUT2D eigenvalue weighted by atomic mass is 19.2. The number of aryl methyl sites for hydroxylation is 1. The van der Waals surface area contributed by atoms with E-state index in [0.29, 0.717) is 13.1 Å². The van der Waals surface area contributed by atoms with Crippen LogP contribution in [-0.4, -0.2) is 19.0 Å². The van der Waals surface area contributed by atoms with Crippen molar-refractivity contribution in [3.05, 3.63) is 35.4 Å². The minimum absolute atomic E-state index is 0.137. The Bertz CT molecular complexity index is 410. The van der Waals surface area contributed by atoms with Gasteiger partial charge in [0.25, 0.3) is 0 Å². The molecule has 1 aromatic rings. The zero-order valence-electron chi connectivity index (χ0n) is 10.4. The summed E-state index contributed by atoms with van der Waals surface area (Å²) in [6.45, 7) is 2.92. The van der Waals surface area contributed by atoms with Gasteiger partial charge in [-0.25, -0.2) is 8.78 Å². The fourth-order valence-electron chi connectivity index (χ4n) is 1.45. The van der Waals surface area contributed by atoms with Crippen LogP contribution in [0.5, 0.6) is 0 Å². The molecule has 0 aliphatic heterocycles. The lowest BCUT2D eigenvalue weighted by Gasteiger charge is -2.10. The van der Waals surface area contributed by atoms with Gasteiger partial charge in [0.2, 0.25) is 5.91 Å². The van der Waals surface area contributed by atoms with E-state index in [1.807, 2.05) is 6.92 Å². The van der Waals surface area contributed by atoms with Gasteiger partial charge in [0.1, 0.15) is 0 Å². The minimum Gasteiger partial charge on any atom is -0.356 e. The maximum atomic E-state index is 13.3. The standard InChI is InChI=1S/C13H18F2N2O/c1-9(7-16)8-17-12(18)6-5-10-3-2-4-11(14)13(10)15/h2-4,9H,5-8,16H2,1H3,(H,17,18). The molecule has 0 saturated heterocycles. The van der Waals surface area contributed by atoms with Gasteiger partial charge in [-0.2, -0.15) is 0 Å². The Labute approximate surface area is 105 Å². The molecule has 1 atom stereocenters. The molecule has 0 radical (unpaired) electrons. The predicted molar refractivity (Wildman–Crippen MR) is 65.9 cm³/mol. The molecule has 3 N–H and O–H groups in total. The molecular formula is C13H18F2N2O. The van der Waals surface area contributed by atoms with Crippen molar-refractivity contribution < 1.29 is 13.6 Å². The van der Waals surface area contributed by atoms with Crippen LogP contribution in [0.15, 0.2) is 18.2 Å². The van der Waals surface area contributed by atoms with Gasteiger partial charge in [-0.3, -0.25) is 4.79 Å². The Balaban J connectivity index is 2.41. The monoisotopic (exact) mass is 256 g/mol. The second-order valence-electron chi connectivity index (χ2n) is 4.36. The molecule has 100 valence electrons. The Morgan fingerprint density at radius 1 is 1.44 bits per heavy atom. The van der Waals surface area contributed by atoms with E-state index < -0.39 is 11.6 Å². The van der Waals surface area contributed by atoms with Crippen molar-refractivity contribution in [3.63, 3.8) is 0 Å². The topological polar surface area (TPSA) is 55.1 Å². The van der Waals surface area contributed by atoms with E-state index in [4.69, 9.17) is 5.73 Å². The van der Waals surface area contributed by atoms with Gasteiger partial charge in [-0.1, -0.05) is 19.1 Å². The van der Waals surface area contributed by atoms with Crippen LogP contribution in [0.25, 0.3) is 0 Å². The summed E-state index contributed by atoms with van der Waals surface area (Å²) in [6, 6.07) is 3.97. The molecule has 1 unspecified atom stereocenters. The summed E-state index contributed by atoms with van der Waals surface area (Å²) in [5.41, 5.74) is 5.64. The summed E-state index contributed by atoms with van der Waals surface area (Å²) in [7, 11) is 0. The molecule has 0 aliphatic rings. The third-order valence-corrected chi connectivity index (χ3v) is 2.70. The van der Waals surface area contributed by atoms with Gasteiger partial charge in [0.15, 0.2) is 11.6 Å². The zero-order valence-corrected chi connectivity index (χ0v) is 10.4. The molecule has 3 nitrogen and oxygen atoms in total. The Kier molecular flexibility index (Phi) is 5.71. The maximum absolute atomic E-state index is 13.3. The summed E-state index contributed by atoms with van der Waals surface area (Å²) in [5.74, 6) is -1.73. The average Bonchev–Trinajstić information content (AvgIpc) is 2.37. The molecular weight excluding hydrogens is 238 g/mol. The lowest BCUT2D eigenvalue weighted by Crippen LogP contribution is -2.31. The quantitative estimate of drug-likeness (QED) is 0.812. The van der Waals surface area contributed by atoms with Gasteiger partial charge in [-0.15, -0.1) is 0 Å². The van der Waals surface area contributed by atoms with Crippen molar-refractivity contribution >= 4 is 5.91 Å². The number of halogens is 2. The van der Waals surface area contributed by atoms with Crippen molar-refractivity contribution in [3.8, 4) is 0 Å². The van der Waals surface area contributed by atoms with E-state index >= 15 is 0 Å². The van der Waals surface area contributed by atoms with Crippen LogP contribution >= 0.6 is 0 Å². The number of hydrogen-bond donors (Lipinski definition) is 2. The van der Waals surface area contributed by atoms with E-state index in [2.05, 4.69) is 5.32 Å². The van der Waals surface area contributed by atoms with Gasteiger partial charge >= 0.3 is 0 Å². The van der Waals surface area contributed by atoms with Crippen molar-refractivity contribution in [1.29, 1.82) is 0 Å². The lowest BCUT2D eigenvalue weighted by atomic mass is 10.1. The molecule has 18 heavy (non-hydrogen) atoms. The molecule has 5 heteroatoms. The molecule has 0 spiro atoms. The first-order valence-corrected chi connectivity index (χ1v) is 5.94. The first kappa shape index (κ1) is 14.6. The summed E-state index contributed by atoms with van der Waals surface area (Å²) in [5, 5.41) is 2.70. The van der Waals surface area contributed by atoms with Gasteiger partial charge in [0.05, 0.1) is 0 Å². The van der Waals surface area contributed by atoms with Crippen molar-refractivity contribution in [1.82, 2.24) is 5.32 Å². The summed E-state index contributed by atoms with van der Waals surface area (Å²) in [4.78, 5) is 11.5. The van der Waals surface area contributed by atoms with Gasteiger partial charge in [0, 0.05) is 13.0 Å². The largest absolute Gasteiger partial charge is 0.356 e. The first-order chi connectivity index (χ1) is 8.54. The van der Waals surface area contributed by atoms with E-state index in [0.717, 1.165) is 6.07 Å². The molecule has 0 bridgehead atoms. The van der Waals surface area contributed by atoms with Crippen LogP contribution in [0.3, 0.4) is 0 Å². The molecule has 0 aliphatic carbocycles. The number of carbonyl (C=O) groups is 1. The van der Waals surface area contributed by atoms with Crippen molar-refractivity contribution in [2.24, 2.45) is 11.7 Å². The minimum atomic E-state index is -0.885. The third kappa shape index (κ3) is 4.41. The zero-order chi connectivity index (χ0) is 13.5. The second-order valence-corrected chi connectivity index (χ2v) is 4.36. The molecule has 1 aromatic carbocycles. The van der Waals surface area contributed by atoms with Crippen LogP contribution in [0.1, 0.15) is 18.9 Å². The smallest absolute Gasteiger partial charge is 0.220 e. The number of carbonyl (C=O) groups excluding carboxylic acids is 1. The molecule has 1 amide bonds. The normalized spacial score (nSPS) is 12.2. The van der Waals surface area contributed by atoms with Crippen LogP contribution in [0.4, 0.5) is 8.78 Å². The third-order valence-electron chi connectivity index (χ3n) is 2.70. The van der Waals surface area contributed by atoms with E-state index in [9.17, 15) is 13.6 Å². The number of amides is 1. The fourth-order valence-corrected chi connectivity index (χ4v) is 1.45. The molecule has 0 heterocycles. The van der Waals surface area contributed by atoms with Crippen LogP contribution < -0.4 is 11.1 Å². The van der Waals surface area contributed by atoms with E-state index in [1.165, 1.54) is 12.1 Å². The van der Waals surface area contributed by atoms with E-state index in [1.54, 1.807) is 0 Å². The Hall–Kier alpha value is -1.49. The number of hydrogen-bond acceptors (Lipinski definition) is 2. The van der Waals surface area contributed by atoms with Crippen LogP contribution in [0.2, 0.25) is 0 Å². The predicted octanol–water partition coefficient (Wildman–Crippen LogP) is 1.61. The molecule has 0 fully saturated rings. The fraction of sp³-hybridized carbons (Fsp3) is 0.462. The van der Waals surface area contributed by atoms with Gasteiger partial charge in [-0.05, 0) is 30.5 Å². The molecule has 0 saturated carbocycles. The highest BCUT2D eigenvalue weighted by Crippen LogP contribution is 2.12. The number of benzene rings is 1. The van der Waals surface area contributed by atoms with Crippen LogP contribution in [0, 0.1) is 17.6 Å². The van der Waals surface area contributed by atoms with Crippen molar-refractivity contribution in [2.45, 2.75) is 19.8 Å². The lowest BCUT2D eigenvalue weighted by molar-refractivity contribution is -0.121. The molecule has 0 aromatic heterocycles. The highest BCUT2D eigenvalue weighted by Gasteiger charge is 2.10. The summed E-state index contributed by atoms with van der Waals surface area (Å²) >= 11 is 0. The summed E-state index contributed by atoms with van der Waals surface area (Å²) in [6.07, 6.45) is 0.324. The van der Waals surface area contributed by atoms with E-state index in [-0.39, 0.29) is 30.2 Å². The SMILES string of the molecule is CC(CN)CNC(=O)CCc1cccc(F)c1F. The second kappa shape index (κ2) is 7.06. The maximum Gasteiger partial charge on any atom is 0.220 e. The number of rotatable bonds is 6. The number of nitrogens with two attached hydrogens (primary N) is 1. The highest BCUT2D eigenvalue weighted by molar-refractivity contribution is 5.76. The van der Waals surface area contributed by atoms with Gasteiger partial charge < -0.3 is 11.1 Å². The van der Waals surface area contributed by atoms with Crippen LogP contribution in [-0.2, 0) is 11.2 Å². The van der Waals surface area contributed by atoms with Crippen molar-refractivity contribution in [2.75, 3.05) is 13.1 Å². The Morgan fingerprint density at radius 3 is 2.83 bits per heavy atom. The summed E-state index contributed by atoms with van der Waals surface area (Å²) < 4.78 is 26.2. The first-order valence-electron chi connectivity index (χ1n) is 5.94. The average molecular weight is 256 g/mol. The number of nitrogens with one attached hydrogen (secondary N) is 1.